The third kappa shape index (κ3) is 14.9. The fourth-order valence-electron chi connectivity index (χ4n) is 1.93. The molecule has 0 saturated carbocycles. The number of unbranched alkanes of at least 4 members (excludes halogenated alkanes) is 1. The molecule has 0 radical (unpaired) electrons. The predicted octanol–water partition coefficient (Wildman–Crippen LogP) is 4.44. The van der Waals surface area contributed by atoms with E-state index in [1.807, 2.05) is 25.2 Å². The number of nitrogens with zero attached hydrogens (tertiary/aromatic N) is 1. The first-order valence-electron chi connectivity index (χ1n) is 8.44. The smallest absolute Gasteiger partial charge is 0.307 e. The summed E-state index contributed by atoms with van der Waals surface area (Å²) in [4.78, 5) is 14.1. The highest BCUT2D eigenvalue weighted by atomic mass is 16.4. The van der Waals surface area contributed by atoms with Gasteiger partial charge >= 0.3 is 5.97 Å². The Balaban J connectivity index is 3.96. The van der Waals surface area contributed by atoms with E-state index in [1.165, 1.54) is 5.57 Å². The van der Waals surface area contributed by atoms with Crippen LogP contribution in [-0.4, -0.2) is 29.1 Å². The monoisotopic (exact) mass is 343 g/mol. The van der Waals surface area contributed by atoms with Crippen LogP contribution in [0.5, 0.6) is 0 Å². The van der Waals surface area contributed by atoms with Crippen LogP contribution < -0.4 is 0 Å². The van der Waals surface area contributed by atoms with Gasteiger partial charge in [0.05, 0.1) is 6.42 Å². The zero-order valence-electron chi connectivity index (χ0n) is 15.2. The molecule has 0 aromatic rings. The molecule has 0 spiro atoms. The number of aliphatic imine (C=N–C) groups is 1. The molecular formula is C21H29NO3. The number of aliphatic carboxylic acids is 1. The van der Waals surface area contributed by atoms with Crippen molar-refractivity contribution in [2.24, 2.45) is 4.99 Å². The van der Waals surface area contributed by atoms with Gasteiger partial charge in [-0.3, -0.25) is 9.79 Å². The van der Waals surface area contributed by atoms with Crippen molar-refractivity contribution in [2.75, 3.05) is 0 Å². The summed E-state index contributed by atoms with van der Waals surface area (Å²) >= 11 is 0. The van der Waals surface area contributed by atoms with Gasteiger partial charge in [-0.1, -0.05) is 47.4 Å². The van der Waals surface area contributed by atoms with Gasteiger partial charge in [-0.25, -0.2) is 0 Å². The molecule has 2 N–H and O–H groups in total. The van der Waals surface area contributed by atoms with Crippen molar-refractivity contribution in [2.45, 2.75) is 58.6 Å². The lowest BCUT2D eigenvalue weighted by Gasteiger charge is -1.98. The van der Waals surface area contributed by atoms with Crippen molar-refractivity contribution in [3.63, 3.8) is 0 Å². The fourth-order valence-corrected chi connectivity index (χ4v) is 1.93. The standard InChI is InChI=1S/C21H29NO3/c1-4-19(17-21(24)25)15-11-7-5-9-13-18(2)14-10-6-8-12-16-20(23)22-3/h4,6,8,12,14,16,20,23H,3,5,9-10,13,15,17H2,1-2H3,(H,24,25)/b8-6+,16-12+,18-14-,19-4+. The molecule has 0 fully saturated rings. The summed E-state index contributed by atoms with van der Waals surface area (Å²) in [5.41, 5.74) is 2.18. The molecule has 4 heteroatoms. The summed E-state index contributed by atoms with van der Waals surface area (Å²) < 4.78 is 0. The topological polar surface area (TPSA) is 69.9 Å². The van der Waals surface area contributed by atoms with Crippen LogP contribution in [0.15, 0.2) is 52.6 Å². The molecule has 0 aliphatic rings. The SMILES string of the molecule is C=NC(O)/C=C/C=C/C/C=C(/C)CCCC#CC/C(=C\C)CC(=O)O. The number of hydrogen-bond donors (Lipinski definition) is 2. The van der Waals surface area contributed by atoms with E-state index in [0.717, 1.165) is 31.3 Å². The largest absolute Gasteiger partial charge is 0.481 e. The van der Waals surface area contributed by atoms with Gasteiger partial charge in [0.1, 0.15) is 0 Å². The quantitative estimate of drug-likeness (QED) is 0.192. The van der Waals surface area contributed by atoms with E-state index in [2.05, 4.69) is 36.6 Å². The summed E-state index contributed by atoms with van der Waals surface area (Å²) in [5.74, 6) is 5.34. The van der Waals surface area contributed by atoms with E-state index in [0.29, 0.717) is 6.42 Å². The van der Waals surface area contributed by atoms with E-state index in [4.69, 9.17) is 10.2 Å². The van der Waals surface area contributed by atoms with Gasteiger partial charge in [-0.15, -0.1) is 5.92 Å². The zero-order chi connectivity index (χ0) is 18.9. The maximum absolute atomic E-state index is 10.6. The second-order valence-electron chi connectivity index (χ2n) is 5.60. The highest BCUT2D eigenvalue weighted by Gasteiger charge is 2.00. The van der Waals surface area contributed by atoms with Crippen molar-refractivity contribution < 1.29 is 15.0 Å². The van der Waals surface area contributed by atoms with Gasteiger partial charge < -0.3 is 10.2 Å². The third-order valence-corrected chi connectivity index (χ3v) is 3.42. The van der Waals surface area contributed by atoms with Crippen molar-refractivity contribution in [1.29, 1.82) is 0 Å². The molecular weight excluding hydrogens is 314 g/mol. The molecule has 0 aromatic carbocycles. The van der Waals surface area contributed by atoms with E-state index < -0.39 is 12.2 Å². The van der Waals surface area contributed by atoms with Gasteiger partial charge in [0.2, 0.25) is 0 Å². The molecule has 0 aromatic heterocycles. The Labute approximate surface area is 151 Å². The number of carboxylic acid groups (broad SMARTS) is 1. The molecule has 0 rings (SSSR count). The number of carbonyl (C=O) groups is 1. The van der Waals surface area contributed by atoms with Crippen molar-refractivity contribution in [3.8, 4) is 11.8 Å². The third-order valence-electron chi connectivity index (χ3n) is 3.42. The van der Waals surface area contributed by atoms with Gasteiger partial charge in [-0.05, 0) is 45.9 Å². The lowest BCUT2D eigenvalue weighted by molar-refractivity contribution is -0.136. The molecule has 0 amide bonds. The minimum Gasteiger partial charge on any atom is -0.481 e. The predicted molar refractivity (Wildman–Crippen MR) is 104 cm³/mol. The molecule has 25 heavy (non-hydrogen) atoms. The number of aliphatic hydroxyl groups is 1. The van der Waals surface area contributed by atoms with Crippen LogP contribution in [0, 0.1) is 11.8 Å². The number of aliphatic hydroxyl groups excluding tert-OH is 1. The van der Waals surface area contributed by atoms with E-state index >= 15 is 0 Å². The van der Waals surface area contributed by atoms with Crippen LogP contribution in [0.3, 0.4) is 0 Å². The fraction of sp³-hybridized carbons (Fsp3) is 0.429. The number of rotatable bonds is 11. The van der Waals surface area contributed by atoms with Gasteiger partial charge in [0.15, 0.2) is 6.23 Å². The van der Waals surface area contributed by atoms with E-state index in [1.54, 1.807) is 12.2 Å². The summed E-state index contributed by atoms with van der Waals surface area (Å²) in [6.45, 7) is 7.20. The normalized spacial score (nSPS) is 13.7. The second kappa shape index (κ2) is 15.2. The van der Waals surface area contributed by atoms with Gasteiger partial charge in [0.25, 0.3) is 0 Å². The highest BCUT2D eigenvalue weighted by molar-refractivity contribution is 5.70. The van der Waals surface area contributed by atoms with Crippen LogP contribution in [0.25, 0.3) is 0 Å². The highest BCUT2D eigenvalue weighted by Crippen LogP contribution is 2.08. The van der Waals surface area contributed by atoms with Crippen LogP contribution in [0.1, 0.15) is 52.4 Å². The van der Waals surface area contributed by atoms with E-state index in [9.17, 15) is 4.79 Å². The summed E-state index contributed by atoms with van der Waals surface area (Å²) in [5, 5.41) is 17.9. The Bertz CT molecular complexity index is 586. The lowest BCUT2D eigenvalue weighted by Crippen LogP contribution is -1.96. The minimum atomic E-state index is -0.837. The Morgan fingerprint density at radius 1 is 1.32 bits per heavy atom. The van der Waals surface area contributed by atoms with Crippen LogP contribution >= 0.6 is 0 Å². The molecule has 0 bridgehead atoms. The molecule has 0 saturated heterocycles. The number of allylic oxidation sites excluding steroid dienone is 6. The van der Waals surface area contributed by atoms with Crippen molar-refractivity contribution >= 4 is 12.7 Å². The molecule has 1 atom stereocenters. The first kappa shape index (κ1) is 22.6. The van der Waals surface area contributed by atoms with Crippen molar-refractivity contribution in [3.05, 3.63) is 47.6 Å². The Morgan fingerprint density at radius 3 is 2.72 bits per heavy atom. The molecule has 0 aliphatic carbocycles. The van der Waals surface area contributed by atoms with Crippen LogP contribution in [-0.2, 0) is 4.79 Å². The second-order valence-corrected chi connectivity index (χ2v) is 5.60. The summed E-state index contributed by atoms with van der Waals surface area (Å²) in [7, 11) is 0. The van der Waals surface area contributed by atoms with Crippen molar-refractivity contribution in [1.82, 2.24) is 0 Å². The minimum absolute atomic E-state index is 0.0682. The zero-order valence-corrected chi connectivity index (χ0v) is 15.2. The Morgan fingerprint density at radius 2 is 2.08 bits per heavy atom. The Kier molecular flexibility index (Phi) is 13.7. The molecule has 0 heterocycles. The van der Waals surface area contributed by atoms with Crippen LogP contribution in [0.2, 0.25) is 0 Å². The maximum atomic E-state index is 10.6. The average Bonchev–Trinajstić information content (AvgIpc) is 2.59. The van der Waals surface area contributed by atoms with Crippen LogP contribution in [0.4, 0.5) is 0 Å². The Hall–Kier alpha value is -2.38. The number of carboxylic acids is 1. The summed E-state index contributed by atoms with van der Waals surface area (Å²) in [6.07, 6.45) is 14.6. The van der Waals surface area contributed by atoms with Gasteiger partial charge in [0, 0.05) is 12.8 Å². The number of hydrogen-bond acceptors (Lipinski definition) is 3. The summed E-state index contributed by atoms with van der Waals surface area (Å²) in [6, 6.07) is 0. The molecule has 136 valence electrons. The molecule has 0 aliphatic heterocycles. The van der Waals surface area contributed by atoms with E-state index in [-0.39, 0.29) is 6.42 Å². The molecule has 1 unspecified atom stereocenters. The first-order valence-corrected chi connectivity index (χ1v) is 8.44. The van der Waals surface area contributed by atoms with Gasteiger partial charge in [-0.2, -0.15) is 0 Å². The molecule has 4 nitrogen and oxygen atoms in total. The lowest BCUT2D eigenvalue weighted by atomic mass is 10.1. The maximum Gasteiger partial charge on any atom is 0.307 e. The first-order chi connectivity index (χ1) is 12.0. The average molecular weight is 343 g/mol.